The number of carboxylic acid groups (broad SMARTS) is 1. The number of nitrogens with one attached hydrogen (secondary N) is 1. The Hall–Kier alpha value is -4.13. The Labute approximate surface area is 203 Å². The summed E-state index contributed by atoms with van der Waals surface area (Å²) in [5.74, 6) is -1.54. The molecule has 5 rings (SSSR count). The molecule has 178 valence electrons. The van der Waals surface area contributed by atoms with Gasteiger partial charge in [-0.25, -0.2) is 4.79 Å². The van der Waals surface area contributed by atoms with Gasteiger partial charge in [0.05, 0.1) is 17.2 Å². The SMILES string of the molecule is O=C(Nc1ccccc1C(=O)N1CCC(C(=O)O)CC1)OCC1c2ccccc2-c2ccccc21. The lowest BCUT2D eigenvalue weighted by Gasteiger charge is -2.30. The van der Waals surface area contributed by atoms with E-state index in [4.69, 9.17) is 4.74 Å². The first kappa shape index (κ1) is 22.7. The Bertz CT molecular complexity index is 1230. The molecule has 1 fully saturated rings. The third kappa shape index (κ3) is 4.49. The third-order valence-electron chi connectivity index (χ3n) is 6.87. The van der Waals surface area contributed by atoms with Crippen molar-refractivity contribution < 1.29 is 24.2 Å². The van der Waals surface area contributed by atoms with E-state index >= 15 is 0 Å². The summed E-state index contributed by atoms with van der Waals surface area (Å²) < 4.78 is 5.62. The number of para-hydroxylation sites is 1. The number of amides is 2. The van der Waals surface area contributed by atoms with E-state index in [-0.39, 0.29) is 18.4 Å². The molecule has 35 heavy (non-hydrogen) atoms. The van der Waals surface area contributed by atoms with E-state index < -0.39 is 18.0 Å². The van der Waals surface area contributed by atoms with Gasteiger partial charge < -0.3 is 14.7 Å². The van der Waals surface area contributed by atoms with Gasteiger partial charge in [-0.3, -0.25) is 14.9 Å². The number of piperidine rings is 1. The van der Waals surface area contributed by atoms with Gasteiger partial charge in [0.15, 0.2) is 0 Å². The number of hydrogen-bond acceptors (Lipinski definition) is 4. The summed E-state index contributed by atoms with van der Waals surface area (Å²) in [5.41, 5.74) is 5.29. The van der Waals surface area contributed by atoms with Crippen molar-refractivity contribution in [3.8, 4) is 11.1 Å². The minimum Gasteiger partial charge on any atom is -0.481 e. The van der Waals surface area contributed by atoms with Crippen LogP contribution in [0.25, 0.3) is 11.1 Å². The lowest BCUT2D eigenvalue weighted by atomic mass is 9.96. The Kier molecular flexibility index (Phi) is 6.23. The summed E-state index contributed by atoms with van der Waals surface area (Å²) in [6, 6.07) is 23.1. The number of anilines is 1. The summed E-state index contributed by atoms with van der Waals surface area (Å²) in [6.07, 6.45) is 0.211. The van der Waals surface area contributed by atoms with Crippen LogP contribution in [0.5, 0.6) is 0 Å². The summed E-state index contributed by atoms with van der Waals surface area (Å²) in [4.78, 5) is 38.7. The fourth-order valence-corrected chi connectivity index (χ4v) is 5.02. The summed E-state index contributed by atoms with van der Waals surface area (Å²) in [7, 11) is 0. The van der Waals surface area contributed by atoms with E-state index in [2.05, 4.69) is 29.6 Å². The standard InChI is InChI=1S/C28H26N2O5/c31-26(30-15-13-18(14-16-30)27(32)33)23-11-5-6-12-25(23)29-28(34)35-17-24-21-9-3-1-7-19(21)20-8-2-4-10-22(20)24/h1-12,18,24H,13-17H2,(H,29,34)(H,32,33). The molecular formula is C28H26N2O5. The van der Waals surface area contributed by atoms with E-state index in [1.54, 1.807) is 29.2 Å². The van der Waals surface area contributed by atoms with Crippen LogP contribution in [0.2, 0.25) is 0 Å². The average molecular weight is 471 g/mol. The maximum absolute atomic E-state index is 13.1. The number of carbonyl (C=O) groups excluding carboxylic acids is 2. The highest BCUT2D eigenvalue weighted by Crippen LogP contribution is 2.44. The minimum absolute atomic E-state index is 0.0550. The maximum Gasteiger partial charge on any atom is 0.411 e. The van der Waals surface area contributed by atoms with Crippen molar-refractivity contribution in [3.63, 3.8) is 0 Å². The highest BCUT2D eigenvalue weighted by atomic mass is 16.5. The van der Waals surface area contributed by atoms with Crippen LogP contribution in [-0.2, 0) is 9.53 Å². The number of ether oxygens (including phenoxy) is 1. The van der Waals surface area contributed by atoms with Crippen molar-refractivity contribution in [2.75, 3.05) is 25.0 Å². The minimum atomic E-state index is -0.825. The summed E-state index contributed by atoms with van der Waals surface area (Å²) in [6.45, 7) is 0.919. The molecule has 1 aliphatic heterocycles. The van der Waals surface area contributed by atoms with Crippen molar-refractivity contribution in [3.05, 3.63) is 89.5 Å². The van der Waals surface area contributed by atoms with Crippen LogP contribution in [0.15, 0.2) is 72.8 Å². The molecule has 0 saturated carbocycles. The van der Waals surface area contributed by atoms with E-state index in [9.17, 15) is 19.5 Å². The van der Waals surface area contributed by atoms with E-state index in [1.165, 1.54) is 0 Å². The van der Waals surface area contributed by atoms with Crippen LogP contribution in [0.3, 0.4) is 0 Å². The lowest BCUT2D eigenvalue weighted by molar-refractivity contribution is -0.143. The second-order valence-corrected chi connectivity index (χ2v) is 8.90. The molecule has 0 aromatic heterocycles. The van der Waals surface area contributed by atoms with Gasteiger partial charge in [0.1, 0.15) is 6.61 Å². The second kappa shape index (κ2) is 9.62. The zero-order valence-corrected chi connectivity index (χ0v) is 19.1. The Morgan fingerprint density at radius 3 is 2.06 bits per heavy atom. The summed E-state index contributed by atoms with van der Waals surface area (Å²) in [5, 5.41) is 11.9. The normalized spacial score (nSPS) is 15.3. The highest BCUT2D eigenvalue weighted by Gasteiger charge is 2.30. The first-order chi connectivity index (χ1) is 17.0. The van der Waals surface area contributed by atoms with Gasteiger partial charge in [-0.15, -0.1) is 0 Å². The molecule has 1 saturated heterocycles. The number of carbonyl (C=O) groups is 3. The molecule has 1 aliphatic carbocycles. The molecule has 0 unspecified atom stereocenters. The smallest absolute Gasteiger partial charge is 0.411 e. The first-order valence-corrected chi connectivity index (χ1v) is 11.8. The fraction of sp³-hybridized carbons (Fsp3) is 0.250. The van der Waals surface area contributed by atoms with Gasteiger partial charge in [0.2, 0.25) is 0 Å². The highest BCUT2D eigenvalue weighted by molar-refractivity contribution is 6.02. The predicted molar refractivity (Wildman–Crippen MR) is 131 cm³/mol. The largest absolute Gasteiger partial charge is 0.481 e. The van der Waals surface area contributed by atoms with Crippen LogP contribution in [-0.4, -0.2) is 47.7 Å². The second-order valence-electron chi connectivity index (χ2n) is 8.90. The molecule has 0 bridgehead atoms. The number of hydrogen-bond donors (Lipinski definition) is 2. The Morgan fingerprint density at radius 1 is 0.857 bits per heavy atom. The Morgan fingerprint density at radius 2 is 1.43 bits per heavy atom. The molecule has 7 nitrogen and oxygen atoms in total. The molecule has 0 atom stereocenters. The van der Waals surface area contributed by atoms with Crippen LogP contribution in [0.4, 0.5) is 10.5 Å². The van der Waals surface area contributed by atoms with Gasteiger partial charge >= 0.3 is 12.1 Å². The van der Waals surface area contributed by atoms with Crippen molar-refractivity contribution in [1.29, 1.82) is 0 Å². The molecule has 0 spiro atoms. The molecular weight excluding hydrogens is 444 g/mol. The fourth-order valence-electron chi connectivity index (χ4n) is 5.02. The molecule has 1 heterocycles. The van der Waals surface area contributed by atoms with E-state index in [0.29, 0.717) is 37.2 Å². The molecule has 2 aliphatic rings. The molecule has 3 aromatic carbocycles. The number of benzene rings is 3. The zero-order chi connectivity index (χ0) is 24.4. The molecule has 3 aromatic rings. The van der Waals surface area contributed by atoms with Gasteiger partial charge in [-0.2, -0.15) is 0 Å². The number of carboxylic acids is 1. The zero-order valence-electron chi connectivity index (χ0n) is 19.1. The molecule has 0 radical (unpaired) electrons. The van der Waals surface area contributed by atoms with Gasteiger partial charge in [-0.05, 0) is 47.2 Å². The van der Waals surface area contributed by atoms with Crippen LogP contribution < -0.4 is 5.32 Å². The molecule has 2 N–H and O–H groups in total. The Balaban J connectivity index is 1.26. The lowest BCUT2D eigenvalue weighted by Crippen LogP contribution is -2.40. The van der Waals surface area contributed by atoms with Crippen molar-refractivity contribution in [2.24, 2.45) is 5.92 Å². The van der Waals surface area contributed by atoms with Gasteiger partial charge in [-0.1, -0.05) is 60.7 Å². The summed E-state index contributed by atoms with van der Waals surface area (Å²) >= 11 is 0. The maximum atomic E-state index is 13.1. The van der Waals surface area contributed by atoms with Crippen LogP contribution in [0, 0.1) is 5.92 Å². The topological polar surface area (TPSA) is 95.9 Å². The first-order valence-electron chi connectivity index (χ1n) is 11.8. The van der Waals surface area contributed by atoms with Crippen molar-refractivity contribution >= 4 is 23.7 Å². The van der Waals surface area contributed by atoms with Gasteiger partial charge in [0.25, 0.3) is 5.91 Å². The average Bonchev–Trinajstić information content (AvgIpc) is 3.21. The number of fused-ring (bicyclic) bond motifs is 3. The van der Waals surface area contributed by atoms with Crippen molar-refractivity contribution in [2.45, 2.75) is 18.8 Å². The third-order valence-corrected chi connectivity index (χ3v) is 6.87. The van der Waals surface area contributed by atoms with E-state index in [1.807, 2.05) is 24.3 Å². The molecule has 2 amide bonds. The molecule has 7 heteroatoms. The quantitative estimate of drug-likeness (QED) is 0.548. The van der Waals surface area contributed by atoms with Crippen LogP contribution >= 0.6 is 0 Å². The van der Waals surface area contributed by atoms with Crippen LogP contribution in [0.1, 0.15) is 40.2 Å². The van der Waals surface area contributed by atoms with E-state index in [0.717, 1.165) is 22.3 Å². The monoisotopic (exact) mass is 470 g/mol. The number of likely N-dealkylation sites (tertiary alicyclic amines) is 1. The predicted octanol–water partition coefficient (Wildman–Crippen LogP) is 4.98. The number of aliphatic carboxylic acids is 1. The van der Waals surface area contributed by atoms with Crippen molar-refractivity contribution in [1.82, 2.24) is 4.90 Å². The number of rotatable bonds is 5. The van der Waals surface area contributed by atoms with Gasteiger partial charge in [0, 0.05) is 19.0 Å². The number of nitrogens with zero attached hydrogens (tertiary/aromatic N) is 1.